The molecule has 0 spiro atoms. The highest BCUT2D eigenvalue weighted by Crippen LogP contribution is 2.27. The van der Waals surface area contributed by atoms with E-state index in [2.05, 4.69) is 27.5 Å². The van der Waals surface area contributed by atoms with Crippen LogP contribution >= 0.6 is 11.6 Å². The summed E-state index contributed by atoms with van der Waals surface area (Å²) in [6.07, 6.45) is 0. The smallest absolute Gasteiger partial charge is 0.273 e. The highest BCUT2D eigenvalue weighted by Gasteiger charge is 2.17. The predicted octanol–water partition coefficient (Wildman–Crippen LogP) is 5.19. The molecule has 0 radical (unpaired) electrons. The van der Waals surface area contributed by atoms with E-state index < -0.39 is 0 Å². The number of nitrogens with one attached hydrogen (secondary N) is 1. The lowest BCUT2D eigenvalue weighted by Gasteiger charge is -2.10. The van der Waals surface area contributed by atoms with Crippen molar-refractivity contribution in [1.29, 1.82) is 0 Å². The molecule has 0 atom stereocenters. The molecule has 0 unspecified atom stereocenters. The summed E-state index contributed by atoms with van der Waals surface area (Å²) in [4.78, 5) is 22.5. The van der Waals surface area contributed by atoms with Gasteiger partial charge in [0, 0.05) is 28.8 Å². The number of nitrogens with zero attached hydrogens (tertiary/aromatic N) is 2. The van der Waals surface area contributed by atoms with Crippen LogP contribution in [0.3, 0.4) is 0 Å². The molecular formula is C27H23ClFN3O3. The SMILES string of the molecule is CNC(=O)/C(=N/OC)c1ccccc1CO/N=C(\C)C#Cc1ccc(Cl)cc1-c1ccc(F)cc1. The maximum atomic E-state index is 13.3. The molecular weight excluding hydrogens is 469 g/mol. The third-order valence-corrected chi connectivity index (χ3v) is 5.07. The number of amides is 1. The van der Waals surface area contributed by atoms with Crippen LogP contribution in [0.1, 0.15) is 23.6 Å². The van der Waals surface area contributed by atoms with E-state index in [-0.39, 0.29) is 24.0 Å². The van der Waals surface area contributed by atoms with Gasteiger partial charge in [0.05, 0.1) is 0 Å². The van der Waals surface area contributed by atoms with Crippen molar-refractivity contribution in [1.82, 2.24) is 5.32 Å². The van der Waals surface area contributed by atoms with Crippen LogP contribution in [0.25, 0.3) is 11.1 Å². The highest BCUT2D eigenvalue weighted by atomic mass is 35.5. The number of hydrogen-bond donors (Lipinski definition) is 1. The number of carbonyl (C=O) groups is 1. The quantitative estimate of drug-likeness (QED) is 0.281. The zero-order valence-electron chi connectivity index (χ0n) is 19.4. The second-order valence-corrected chi connectivity index (χ2v) is 7.69. The van der Waals surface area contributed by atoms with Gasteiger partial charge in [-0.25, -0.2) is 4.39 Å². The highest BCUT2D eigenvalue weighted by molar-refractivity contribution is 6.45. The minimum Gasteiger partial charge on any atom is -0.398 e. The maximum Gasteiger partial charge on any atom is 0.273 e. The van der Waals surface area contributed by atoms with Gasteiger partial charge in [0.25, 0.3) is 5.91 Å². The molecule has 0 saturated carbocycles. The van der Waals surface area contributed by atoms with Gasteiger partial charge in [-0.1, -0.05) is 64.2 Å². The number of benzene rings is 3. The fraction of sp³-hybridized carbons (Fsp3) is 0.148. The van der Waals surface area contributed by atoms with E-state index in [0.717, 1.165) is 11.1 Å². The van der Waals surface area contributed by atoms with Gasteiger partial charge in [-0.3, -0.25) is 4.79 Å². The van der Waals surface area contributed by atoms with Gasteiger partial charge in [-0.2, -0.15) is 0 Å². The number of carbonyl (C=O) groups excluding carboxylic acids is 1. The molecule has 6 nitrogen and oxygen atoms in total. The Morgan fingerprint density at radius 1 is 1.09 bits per heavy atom. The Labute approximate surface area is 208 Å². The second-order valence-electron chi connectivity index (χ2n) is 7.26. The molecule has 8 heteroatoms. The Hall–Kier alpha value is -4.15. The largest absolute Gasteiger partial charge is 0.398 e. The fourth-order valence-electron chi connectivity index (χ4n) is 3.17. The van der Waals surface area contributed by atoms with E-state index in [1.54, 1.807) is 49.4 Å². The molecule has 0 bridgehead atoms. The summed E-state index contributed by atoms with van der Waals surface area (Å²) in [6, 6.07) is 18.6. The van der Waals surface area contributed by atoms with Crippen LogP contribution in [0, 0.1) is 17.7 Å². The first-order valence-electron chi connectivity index (χ1n) is 10.6. The Balaban J connectivity index is 1.79. The molecule has 35 heavy (non-hydrogen) atoms. The lowest BCUT2D eigenvalue weighted by atomic mass is 10.00. The molecule has 178 valence electrons. The summed E-state index contributed by atoms with van der Waals surface area (Å²) in [7, 11) is 2.89. The van der Waals surface area contributed by atoms with Gasteiger partial charge in [0.2, 0.25) is 0 Å². The van der Waals surface area contributed by atoms with Gasteiger partial charge in [-0.15, -0.1) is 0 Å². The van der Waals surface area contributed by atoms with E-state index >= 15 is 0 Å². The number of hydrogen-bond acceptors (Lipinski definition) is 5. The Morgan fingerprint density at radius 2 is 1.83 bits per heavy atom. The minimum absolute atomic E-state index is 0.0939. The molecule has 0 fully saturated rings. The Bertz CT molecular complexity index is 1330. The number of oxime groups is 2. The standard InChI is InChI=1S/C27H23ClFN3O3/c1-18(8-9-19-10-13-22(28)16-25(19)20-11-14-23(29)15-12-20)31-35-17-21-6-4-5-7-24(21)26(32-34-3)27(33)30-2/h4-7,10-16H,17H2,1-3H3,(H,30,33)/b31-18+,32-26+. The molecule has 3 aromatic carbocycles. The van der Waals surface area contributed by atoms with Crippen molar-refractivity contribution in [3.63, 3.8) is 0 Å². The van der Waals surface area contributed by atoms with Crippen LogP contribution in [-0.2, 0) is 21.1 Å². The van der Waals surface area contributed by atoms with Crippen molar-refractivity contribution >= 4 is 28.9 Å². The van der Waals surface area contributed by atoms with Crippen LogP contribution in [0.15, 0.2) is 77.0 Å². The zero-order chi connectivity index (χ0) is 25.2. The Morgan fingerprint density at radius 3 is 2.54 bits per heavy atom. The van der Waals surface area contributed by atoms with Crippen LogP contribution in [0.5, 0.6) is 0 Å². The van der Waals surface area contributed by atoms with E-state index in [1.165, 1.54) is 26.3 Å². The average Bonchev–Trinajstić information content (AvgIpc) is 2.87. The summed E-state index contributed by atoms with van der Waals surface area (Å²) >= 11 is 6.16. The molecule has 0 aliphatic carbocycles. The third kappa shape index (κ3) is 6.92. The van der Waals surface area contributed by atoms with Crippen molar-refractivity contribution in [3.8, 4) is 23.0 Å². The number of halogens is 2. The minimum atomic E-state index is -0.384. The molecule has 0 aromatic heterocycles. The molecule has 0 aliphatic heterocycles. The molecule has 3 aromatic rings. The van der Waals surface area contributed by atoms with Crippen molar-refractivity contribution in [2.75, 3.05) is 14.2 Å². The average molecular weight is 492 g/mol. The zero-order valence-corrected chi connectivity index (χ0v) is 20.2. The number of rotatable bonds is 7. The van der Waals surface area contributed by atoms with Crippen molar-refractivity contribution in [3.05, 3.63) is 94.3 Å². The second kappa shape index (κ2) is 12.4. The molecule has 0 heterocycles. The van der Waals surface area contributed by atoms with Crippen LogP contribution in [-0.4, -0.2) is 31.5 Å². The van der Waals surface area contributed by atoms with Gasteiger partial charge in [0.15, 0.2) is 5.71 Å². The first kappa shape index (κ1) is 25.5. The summed E-state index contributed by atoms with van der Waals surface area (Å²) in [5.41, 5.74) is 4.14. The van der Waals surface area contributed by atoms with E-state index in [0.29, 0.717) is 27.4 Å². The van der Waals surface area contributed by atoms with Crippen LogP contribution in [0.2, 0.25) is 5.02 Å². The van der Waals surface area contributed by atoms with Crippen molar-refractivity contribution in [2.45, 2.75) is 13.5 Å². The summed E-state index contributed by atoms with van der Waals surface area (Å²) in [5.74, 6) is 5.33. The monoisotopic (exact) mass is 491 g/mol. The van der Waals surface area contributed by atoms with Crippen molar-refractivity contribution in [2.24, 2.45) is 10.3 Å². The van der Waals surface area contributed by atoms with Crippen LogP contribution in [0.4, 0.5) is 4.39 Å². The molecule has 3 rings (SSSR count). The summed E-state index contributed by atoms with van der Waals surface area (Å²) in [6.45, 7) is 1.81. The topological polar surface area (TPSA) is 72.3 Å². The van der Waals surface area contributed by atoms with E-state index in [1.807, 2.05) is 12.1 Å². The van der Waals surface area contributed by atoms with Gasteiger partial charge in [0.1, 0.15) is 25.2 Å². The van der Waals surface area contributed by atoms with E-state index in [4.69, 9.17) is 21.3 Å². The first-order valence-corrected chi connectivity index (χ1v) is 11.0. The predicted molar refractivity (Wildman–Crippen MR) is 136 cm³/mol. The number of likely N-dealkylation sites (N-methyl/N-ethyl adjacent to an activating group) is 1. The fourth-order valence-corrected chi connectivity index (χ4v) is 3.34. The molecule has 1 amide bonds. The normalized spacial score (nSPS) is 11.3. The van der Waals surface area contributed by atoms with Crippen LogP contribution < -0.4 is 5.32 Å². The maximum absolute atomic E-state index is 13.3. The van der Waals surface area contributed by atoms with Gasteiger partial charge >= 0.3 is 0 Å². The molecule has 0 aliphatic rings. The summed E-state index contributed by atoms with van der Waals surface area (Å²) in [5, 5.41) is 11.0. The first-order chi connectivity index (χ1) is 16.9. The molecule has 0 saturated heterocycles. The Kier molecular flexibility index (Phi) is 8.99. The van der Waals surface area contributed by atoms with E-state index in [9.17, 15) is 9.18 Å². The third-order valence-electron chi connectivity index (χ3n) is 4.83. The lowest BCUT2D eigenvalue weighted by molar-refractivity contribution is -0.114. The molecule has 1 N–H and O–H groups in total. The van der Waals surface area contributed by atoms with Gasteiger partial charge in [-0.05, 0) is 54.3 Å². The summed E-state index contributed by atoms with van der Waals surface area (Å²) < 4.78 is 13.3. The lowest BCUT2D eigenvalue weighted by Crippen LogP contribution is -2.29. The van der Waals surface area contributed by atoms with Gasteiger partial charge < -0.3 is 15.0 Å². The van der Waals surface area contributed by atoms with Crippen molar-refractivity contribution < 1.29 is 18.9 Å².